The maximum atomic E-state index is 10.9. The molecule has 2 rings (SSSR count). The predicted molar refractivity (Wildman–Crippen MR) is 82.9 cm³/mol. The molecule has 0 aliphatic carbocycles. The molecule has 0 atom stereocenters. The Morgan fingerprint density at radius 2 is 1.76 bits per heavy atom. The Labute approximate surface area is 130 Å². The molecule has 0 radical (unpaired) electrons. The number of carboxylic acids is 1. The molecule has 0 heterocycles. The van der Waals surface area contributed by atoms with Crippen molar-refractivity contribution in [3.05, 3.63) is 52.5 Å². The number of ether oxygens (including phenoxy) is 2. The lowest BCUT2D eigenvalue weighted by atomic mass is 10.2. The van der Waals surface area contributed by atoms with Gasteiger partial charge in [-0.05, 0) is 42.5 Å². The van der Waals surface area contributed by atoms with Crippen molar-refractivity contribution in [2.24, 2.45) is 0 Å². The molecule has 6 heteroatoms. The summed E-state index contributed by atoms with van der Waals surface area (Å²) in [6, 6.07) is 11.8. The molecular weight excluding hydrogens is 338 g/mol. The Bertz CT molecular complexity index is 628. The fraction of sp³-hybridized carbons (Fsp3) is 0.133. The van der Waals surface area contributed by atoms with Crippen molar-refractivity contribution in [3.63, 3.8) is 0 Å². The van der Waals surface area contributed by atoms with Crippen molar-refractivity contribution < 1.29 is 19.4 Å². The van der Waals surface area contributed by atoms with Gasteiger partial charge in [0.15, 0.2) is 0 Å². The summed E-state index contributed by atoms with van der Waals surface area (Å²) in [5.41, 5.74) is 6.26. The van der Waals surface area contributed by atoms with E-state index in [2.05, 4.69) is 15.9 Å². The van der Waals surface area contributed by atoms with E-state index in [4.69, 9.17) is 20.3 Å². The number of halogens is 1. The SMILES string of the molecule is Nc1ccc(C(=O)O)cc1OCCOc1ccc(Br)cc1. The highest BCUT2D eigenvalue weighted by molar-refractivity contribution is 9.10. The van der Waals surface area contributed by atoms with Gasteiger partial charge in [0.1, 0.15) is 24.7 Å². The average Bonchev–Trinajstić information content (AvgIpc) is 2.47. The van der Waals surface area contributed by atoms with E-state index in [0.29, 0.717) is 18.0 Å². The zero-order valence-electron chi connectivity index (χ0n) is 11.1. The van der Waals surface area contributed by atoms with E-state index < -0.39 is 5.97 Å². The Morgan fingerprint density at radius 1 is 1.10 bits per heavy atom. The van der Waals surface area contributed by atoms with E-state index in [1.807, 2.05) is 24.3 Å². The highest BCUT2D eigenvalue weighted by Gasteiger charge is 2.07. The Morgan fingerprint density at radius 3 is 2.43 bits per heavy atom. The van der Waals surface area contributed by atoms with Crippen LogP contribution in [0.5, 0.6) is 11.5 Å². The van der Waals surface area contributed by atoms with E-state index in [-0.39, 0.29) is 12.2 Å². The first kappa shape index (κ1) is 15.2. The fourth-order valence-electron chi connectivity index (χ4n) is 1.63. The van der Waals surface area contributed by atoms with Crippen molar-refractivity contribution in [2.75, 3.05) is 18.9 Å². The Balaban J connectivity index is 1.87. The maximum absolute atomic E-state index is 10.9. The third-order valence-corrected chi connectivity index (χ3v) is 3.21. The van der Waals surface area contributed by atoms with Gasteiger partial charge in [0.05, 0.1) is 11.3 Å². The topological polar surface area (TPSA) is 81.8 Å². The number of anilines is 1. The molecule has 2 aromatic carbocycles. The molecule has 0 amide bonds. The number of aromatic carboxylic acids is 1. The minimum Gasteiger partial charge on any atom is -0.490 e. The highest BCUT2D eigenvalue weighted by atomic mass is 79.9. The monoisotopic (exact) mass is 351 g/mol. The second kappa shape index (κ2) is 6.99. The van der Waals surface area contributed by atoms with E-state index in [1.165, 1.54) is 18.2 Å². The Kier molecular flexibility index (Phi) is 5.05. The number of nitrogen functional groups attached to an aromatic ring is 1. The van der Waals surface area contributed by atoms with Gasteiger partial charge in [0.2, 0.25) is 0 Å². The summed E-state index contributed by atoms with van der Waals surface area (Å²) in [5.74, 6) is 0.0503. The van der Waals surface area contributed by atoms with Gasteiger partial charge in [-0.3, -0.25) is 0 Å². The van der Waals surface area contributed by atoms with Gasteiger partial charge >= 0.3 is 5.97 Å². The summed E-state index contributed by atoms with van der Waals surface area (Å²) in [7, 11) is 0. The third kappa shape index (κ3) is 4.39. The number of carbonyl (C=O) groups is 1. The molecule has 21 heavy (non-hydrogen) atoms. The van der Waals surface area contributed by atoms with E-state index in [0.717, 1.165) is 10.2 Å². The molecule has 0 fully saturated rings. The normalized spacial score (nSPS) is 10.1. The molecule has 0 bridgehead atoms. The Hall–Kier alpha value is -2.21. The van der Waals surface area contributed by atoms with E-state index >= 15 is 0 Å². The van der Waals surface area contributed by atoms with Crippen LogP contribution in [0.1, 0.15) is 10.4 Å². The second-order valence-electron chi connectivity index (χ2n) is 4.21. The van der Waals surface area contributed by atoms with E-state index in [9.17, 15) is 4.79 Å². The second-order valence-corrected chi connectivity index (χ2v) is 5.12. The molecule has 0 saturated carbocycles. The molecule has 5 nitrogen and oxygen atoms in total. The molecular formula is C15H14BrNO4. The summed E-state index contributed by atoms with van der Waals surface area (Å²) in [5, 5.41) is 8.92. The van der Waals surface area contributed by atoms with E-state index in [1.54, 1.807) is 0 Å². The van der Waals surface area contributed by atoms with Crippen LogP contribution < -0.4 is 15.2 Å². The summed E-state index contributed by atoms with van der Waals surface area (Å²) in [4.78, 5) is 10.9. The summed E-state index contributed by atoms with van der Waals surface area (Å²) in [6.07, 6.45) is 0. The number of rotatable bonds is 6. The molecule has 0 aromatic heterocycles. The van der Waals surface area contributed by atoms with Crippen LogP contribution in [0, 0.1) is 0 Å². The smallest absolute Gasteiger partial charge is 0.335 e. The zero-order chi connectivity index (χ0) is 15.2. The van der Waals surface area contributed by atoms with Crippen molar-refractivity contribution in [2.45, 2.75) is 0 Å². The molecule has 0 spiro atoms. The summed E-state index contributed by atoms with van der Waals surface area (Å²) in [6.45, 7) is 0.599. The minimum atomic E-state index is -1.02. The third-order valence-electron chi connectivity index (χ3n) is 2.68. The number of hydrogen-bond acceptors (Lipinski definition) is 4. The van der Waals surface area contributed by atoms with Crippen LogP contribution in [-0.2, 0) is 0 Å². The maximum Gasteiger partial charge on any atom is 0.335 e. The number of hydrogen-bond donors (Lipinski definition) is 2. The molecule has 0 saturated heterocycles. The molecule has 0 aliphatic rings. The van der Waals surface area contributed by atoms with Crippen molar-refractivity contribution in [1.82, 2.24) is 0 Å². The molecule has 110 valence electrons. The van der Waals surface area contributed by atoms with Crippen molar-refractivity contribution >= 4 is 27.6 Å². The number of benzene rings is 2. The standard InChI is InChI=1S/C15H14BrNO4/c16-11-2-4-12(5-3-11)20-7-8-21-14-9-10(15(18)19)1-6-13(14)17/h1-6,9H,7-8,17H2,(H,18,19). The number of nitrogens with two attached hydrogens (primary N) is 1. The van der Waals surface area contributed by atoms with Crippen LogP contribution in [-0.4, -0.2) is 24.3 Å². The lowest BCUT2D eigenvalue weighted by Crippen LogP contribution is -2.10. The van der Waals surface area contributed by atoms with Gasteiger partial charge in [0, 0.05) is 4.47 Å². The summed E-state index contributed by atoms with van der Waals surface area (Å²) >= 11 is 3.34. The van der Waals surface area contributed by atoms with Gasteiger partial charge in [0.25, 0.3) is 0 Å². The zero-order valence-corrected chi connectivity index (χ0v) is 12.7. The molecule has 0 aliphatic heterocycles. The quantitative estimate of drug-likeness (QED) is 0.616. The average molecular weight is 352 g/mol. The van der Waals surface area contributed by atoms with Crippen molar-refractivity contribution in [3.8, 4) is 11.5 Å². The van der Waals surface area contributed by atoms with Gasteiger partial charge in [-0.1, -0.05) is 15.9 Å². The van der Waals surface area contributed by atoms with Gasteiger partial charge in [-0.15, -0.1) is 0 Å². The lowest BCUT2D eigenvalue weighted by Gasteiger charge is -2.10. The summed E-state index contributed by atoms with van der Waals surface area (Å²) < 4.78 is 11.9. The van der Waals surface area contributed by atoms with Crippen LogP contribution >= 0.6 is 15.9 Å². The molecule has 0 unspecified atom stereocenters. The van der Waals surface area contributed by atoms with Crippen LogP contribution in [0.2, 0.25) is 0 Å². The largest absolute Gasteiger partial charge is 0.490 e. The lowest BCUT2D eigenvalue weighted by molar-refractivity contribution is 0.0696. The fourth-order valence-corrected chi connectivity index (χ4v) is 1.90. The predicted octanol–water partition coefficient (Wildman–Crippen LogP) is 3.19. The van der Waals surface area contributed by atoms with Crippen LogP contribution in [0.25, 0.3) is 0 Å². The highest BCUT2D eigenvalue weighted by Crippen LogP contribution is 2.23. The first-order valence-electron chi connectivity index (χ1n) is 6.20. The molecule has 2 aromatic rings. The van der Waals surface area contributed by atoms with Crippen molar-refractivity contribution in [1.29, 1.82) is 0 Å². The van der Waals surface area contributed by atoms with Crippen LogP contribution in [0.4, 0.5) is 5.69 Å². The molecule has 3 N–H and O–H groups in total. The minimum absolute atomic E-state index is 0.132. The van der Waals surface area contributed by atoms with Crippen LogP contribution in [0.15, 0.2) is 46.9 Å². The number of carboxylic acid groups (broad SMARTS) is 1. The van der Waals surface area contributed by atoms with Gasteiger partial charge in [-0.2, -0.15) is 0 Å². The van der Waals surface area contributed by atoms with Gasteiger partial charge in [-0.25, -0.2) is 4.79 Å². The van der Waals surface area contributed by atoms with Crippen LogP contribution in [0.3, 0.4) is 0 Å². The first-order chi connectivity index (χ1) is 10.1. The van der Waals surface area contributed by atoms with Gasteiger partial charge < -0.3 is 20.3 Å². The first-order valence-corrected chi connectivity index (χ1v) is 6.99.